The monoisotopic (exact) mass is 269 g/mol. The lowest BCUT2D eigenvalue weighted by Gasteiger charge is -2.16. The molecule has 1 N–H and O–H groups in total. The summed E-state index contributed by atoms with van der Waals surface area (Å²) in [5.74, 6) is 0.756. The van der Waals surface area contributed by atoms with Crippen LogP contribution in [0.1, 0.15) is 31.4 Å². The van der Waals surface area contributed by atoms with Gasteiger partial charge in [-0.1, -0.05) is 36.4 Å². The van der Waals surface area contributed by atoms with Crippen LogP contribution >= 0.6 is 0 Å². The second kappa shape index (κ2) is 6.38. The standard InChI is InChI=1S/C18H23NO/c1-14(19-10-8-15-9-11-20-13-15)17-7-6-16-4-2-3-5-18(16)12-17/h2-7,12,14-15,19H,8-11,13H2,1H3. The molecule has 1 aliphatic heterocycles. The molecular weight excluding hydrogens is 246 g/mol. The summed E-state index contributed by atoms with van der Waals surface area (Å²) < 4.78 is 5.42. The van der Waals surface area contributed by atoms with Crippen molar-refractivity contribution in [1.29, 1.82) is 0 Å². The van der Waals surface area contributed by atoms with Gasteiger partial charge in [-0.2, -0.15) is 0 Å². The van der Waals surface area contributed by atoms with Gasteiger partial charge in [0.15, 0.2) is 0 Å². The zero-order chi connectivity index (χ0) is 13.8. The Bertz CT molecular complexity index is 560. The van der Waals surface area contributed by atoms with E-state index in [2.05, 4.69) is 54.7 Å². The molecule has 0 radical (unpaired) electrons. The van der Waals surface area contributed by atoms with Gasteiger partial charge in [0.05, 0.1) is 0 Å². The molecule has 0 amide bonds. The molecule has 1 aliphatic rings. The summed E-state index contributed by atoms with van der Waals surface area (Å²) in [6.45, 7) is 5.22. The van der Waals surface area contributed by atoms with Gasteiger partial charge < -0.3 is 10.1 Å². The Kier molecular flexibility index (Phi) is 4.34. The van der Waals surface area contributed by atoms with Crippen LogP contribution in [0.5, 0.6) is 0 Å². The largest absolute Gasteiger partial charge is 0.381 e. The van der Waals surface area contributed by atoms with Gasteiger partial charge in [-0.05, 0) is 54.6 Å². The number of fused-ring (bicyclic) bond motifs is 1. The third kappa shape index (κ3) is 3.20. The van der Waals surface area contributed by atoms with Crippen LogP contribution in [0, 0.1) is 5.92 Å². The van der Waals surface area contributed by atoms with E-state index >= 15 is 0 Å². The molecule has 1 fully saturated rings. The van der Waals surface area contributed by atoms with Crippen molar-refractivity contribution in [3.8, 4) is 0 Å². The second-order valence-electron chi connectivity index (χ2n) is 5.80. The van der Waals surface area contributed by atoms with E-state index in [0.717, 1.165) is 25.7 Å². The Morgan fingerprint density at radius 2 is 2.05 bits per heavy atom. The SMILES string of the molecule is CC(NCCC1CCOC1)c1ccc2ccccc2c1. The summed E-state index contributed by atoms with van der Waals surface area (Å²) in [5.41, 5.74) is 1.37. The Hall–Kier alpha value is -1.38. The molecule has 0 aliphatic carbocycles. The summed E-state index contributed by atoms with van der Waals surface area (Å²) in [4.78, 5) is 0. The number of nitrogens with one attached hydrogen (secondary N) is 1. The first-order chi connectivity index (χ1) is 9.83. The van der Waals surface area contributed by atoms with Crippen LogP contribution < -0.4 is 5.32 Å². The normalized spacial score (nSPS) is 20.4. The lowest BCUT2D eigenvalue weighted by atomic mass is 10.0. The molecule has 0 aromatic heterocycles. The van der Waals surface area contributed by atoms with Gasteiger partial charge in [0.25, 0.3) is 0 Å². The molecule has 3 rings (SSSR count). The molecule has 1 saturated heterocycles. The third-order valence-corrected chi connectivity index (χ3v) is 4.30. The van der Waals surface area contributed by atoms with E-state index in [-0.39, 0.29) is 0 Å². The lowest BCUT2D eigenvalue weighted by molar-refractivity contribution is 0.184. The van der Waals surface area contributed by atoms with Crippen LogP contribution in [-0.4, -0.2) is 19.8 Å². The fourth-order valence-electron chi connectivity index (χ4n) is 2.91. The van der Waals surface area contributed by atoms with Crippen LogP contribution in [0.3, 0.4) is 0 Å². The predicted molar refractivity (Wildman–Crippen MR) is 83.9 cm³/mol. The minimum Gasteiger partial charge on any atom is -0.381 e. The Morgan fingerprint density at radius 3 is 2.85 bits per heavy atom. The predicted octanol–water partition coefficient (Wildman–Crippen LogP) is 3.92. The van der Waals surface area contributed by atoms with Crippen LogP contribution in [0.15, 0.2) is 42.5 Å². The molecule has 0 saturated carbocycles. The fourth-order valence-corrected chi connectivity index (χ4v) is 2.91. The van der Waals surface area contributed by atoms with Gasteiger partial charge in [-0.25, -0.2) is 0 Å². The number of hydrogen-bond donors (Lipinski definition) is 1. The molecule has 2 nitrogen and oxygen atoms in total. The third-order valence-electron chi connectivity index (χ3n) is 4.30. The van der Waals surface area contributed by atoms with Gasteiger partial charge in [-0.15, -0.1) is 0 Å². The Labute approximate surface area is 121 Å². The maximum absolute atomic E-state index is 5.42. The molecule has 106 valence electrons. The highest BCUT2D eigenvalue weighted by atomic mass is 16.5. The molecule has 2 aromatic carbocycles. The maximum Gasteiger partial charge on any atom is 0.0495 e. The van der Waals surface area contributed by atoms with Gasteiger partial charge in [0, 0.05) is 19.3 Å². The summed E-state index contributed by atoms with van der Waals surface area (Å²) in [6, 6.07) is 15.7. The molecular formula is C18H23NO. The van der Waals surface area contributed by atoms with Crippen LogP contribution in [0.2, 0.25) is 0 Å². The van der Waals surface area contributed by atoms with E-state index in [1.54, 1.807) is 0 Å². The molecule has 20 heavy (non-hydrogen) atoms. The number of rotatable bonds is 5. The summed E-state index contributed by atoms with van der Waals surface area (Å²) >= 11 is 0. The summed E-state index contributed by atoms with van der Waals surface area (Å²) in [6.07, 6.45) is 2.45. The summed E-state index contributed by atoms with van der Waals surface area (Å²) in [7, 11) is 0. The Balaban J connectivity index is 1.58. The quantitative estimate of drug-likeness (QED) is 0.888. The van der Waals surface area contributed by atoms with Crippen molar-refractivity contribution in [2.45, 2.75) is 25.8 Å². The lowest BCUT2D eigenvalue weighted by Crippen LogP contribution is -2.22. The molecule has 0 bridgehead atoms. The van der Waals surface area contributed by atoms with Gasteiger partial charge in [-0.3, -0.25) is 0 Å². The van der Waals surface area contributed by atoms with E-state index in [1.807, 2.05) is 0 Å². The van der Waals surface area contributed by atoms with Crippen molar-refractivity contribution in [1.82, 2.24) is 5.32 Å². The topological polar surface area (TPSA) is 21.3 Å². The average Bonchev–Trinajstić information content (AvgIpc) is 3.00. The van der Waals surface area contributed by atoms with Crippen molar-refractivity contribution < 1.29 is 4.74 Å². The maximum atomic E-state index is 5.42. The van der Waals surface area contributed by atoms with Crippen molar-refractivity contribution >= 4 is 10.8 Å². The zero-order valence-corrected chi connectivity index (χ0v) is 12.1. The number of hydrogen-bond acceptors (Lipinski definition) is 2. The average molecular weight is 269 g/mol. The first-order valence-electron chi connectivity index (χ1n) is 7.63. The van der Waals surface area contributed by atoms with Crippen molar-refractivity contribution in [2.24, 2.45) is 5.92 Å². The minimum atomic E-state index is 0.405. The number of benzene rings is 2. The highest BCUT2D eigenvalue weighted by Crippen LogP contribution is 2.21. The van der Waals surface area contributed by atoms with Gasteiger partial charge in [0.2, 0.25) is 0 Å². The molecule has 1 heterocycles. The Morgan fingerprint density at radius 1 is 1.20 bits per heavy atom. The van der Waals surface area contributed by atoms with Crippen molar-refractivity contribution in [2.75, 3.05) is 19.8 Å². The first-order valence-corrected chi connectivity index (χ1v) is 7.63. The smallest absolute Gasteiger partial charge is 0.0495 e. The van der Waals surface area contributed by atoms with Crippen LogP contribution in [0.25, 0.3) is 10.8 Å². The fraction of sp³-hybridized carbons (Fsp3) is 0.444. The van der Waals surface area contributed by atoms with E-state index in [1.165, 1.54) is 29.2 Å². The summed E-state index contributed by atoms with van der Waals surface area (Å²) in [5, 5.41) is 6.27. The first kappa shape index (κ1) is 13.6. The minimum absolute atomic E-state index is 0.405. The van der Waals surface area contributed by atoms with E-state index < -0.39 is 0 Å². The van der Waals surface area contributed by atoms with Crippen molar-refractivity contribution in [3.05, 3.63) is 48.0 Å². The molecule has 0 spiro atoms. The molecule has 2 aromatic rings. The van der Waals surface area contributed by atoms with Gasteiger partial charge in [0.1, 0.15) is 0 Å². The molecule has 2 heteroatoms. The van der Waals surface area contributed by atoms with E-state index in [9.17, 15) is 0 Å². The second-order valence-corrected chi connectivity index (χ2v) is 5.80. The van der Waals surface area contributed by atoms with E-state index in [4.69, 9.17) is 4.74 Å². The van der Waals surface area contributed by atoms with E-state index in [0.29, 0.717) is 6.04 Å². The molecule has 2 unspecified atom stereocenters. The number of ether oxygens (including phenoxy) is 1. The van der Waals surface area contributed by atoms with Gasteiger partial charge >= 0.3 is 0 Å². The van der Waals surface area contributed by atoms with Crippen LogP contribution in [0.4, 0.5) is 0 Å². The van der Waals surface area contributed by atoms with Crippen LogP contribution in [-0.2, 0) is 4.74 Å². The highest BCUT2D eigenvalue weighted by Gasteiger charge is 2.15. The van der Waals surface area contributed by atoms with Crippen molar-refractivity contribution in [3.63, 3.8) is 0 Å². The highest BCUT2D eigenvalue weighted by molar-refractivity contribution is 5.83. The molecule has 2 atom stereocenters. The zero-order valence-electron chi connectivity index (χ0n) is 12.1.